The molecule has 0 fully saturated rings. The van der Waals surface area contributed by atoms with Gasteiger partial charge in [0.05, 0.1) is 10.4 Å². The van der Waals surface area contributed by atoms with E-state index in [2.05, 4.69) is 0 Å². The van der Waals surface area contributed by atoms with Crippen LogP contribution in [-0.4, -0.2) is 0 Å². The lowest BCUT2D eigenvalue weighted by Crippen LogP contribution is -2.29. The number of nitrogens with two attached hydrogens (primary N) is 1. The van der Waals surface area contributed by atoms with E-state index in [1.165, 1.54) is 11.3 Å². The van der Waals surface area contributed by atoms with Crippen LogP contribution in [0.2, 0.25) is 4.34 Å². The Kier molecular flexibility index (Phi) is 2.19. The molecular formula is C7H7ClN2S. The van der Waals surface area contributed by atoms with Gasteiger partial charge in [-0.25, -0.2) is 0 Å². The first-order valence-electron chi connectivity index (χ1n) is 3.02. The van der Waals surface area contributed by atoms with Crippen LogP contribution < -0.4 is 5.73 Å². The molecule has 0 saturated carbocycles. The van der Waals surface area contributed by atoms with E-state index < -0.39 is 5.54 Å². The number of halogens is 1. The zero-order chi connectivity index (χ0) is 8.48. The van der Waals surface area contributed by atoms with E-state index in [1.807, 2.05) is 6.07 Å². The van der Waals surface area contributed by atoms with E-state index >= 15 is 0 Å². The normalized spacial score (nSPS) is 15.5. The molecule has 1 rings (SSSR count). The standard InChI is InChI=1S/C7H7ClN2S/c1-7(10,4-9)5-2-3-6(8)11-5/h2-3H,10H2,1H3/t7-/m0/s1. The summed E-state index contributed by atoms with van der Waals surface area (Å²) < 4.78 is 0.659. The van der Waals surface area contributed by atoms with Crippen LogP contribution in [0.15, 0.2) is 12.1 Å². The second kappa shape index (κ2) is 2.82. The Morgan fingerprint density at radius 2 is 2.36 bits per heavy atom. The fourth-order valence-corrected chi connectivity index (χ4v) is 1.70. The van der Waals surface area contributed by atoms with Gasteiger partial charge in [0.1, 0.15) is 5.54 Å². The highest BCUT2D eigenvalue weighted by Gasteiger charge is 2.21. The highest BCUT2D eigenvalue weighted by molar-refractivity contribution is 7.16. The first-order chi connectivity index (χ1) is 5.06. The van der Waals surface area contributed by atoms with Crippen LogP contribution in [0.5, 0.6) is 0 Å². The Bertz CT molecular complexity index is 298. The molecule has 1 heterocycles. The minimum absolute atomic E-state index is 0.659. The molecule has 2 N–H and O–H groups in total. The third kappa shape index (κ3) is 1.72. The van der Waals surface area contributed by atoms with Gasteiger partial charge in [0.25, 0.3) is 0 Å². The van der Waals surface area contributed by atoms with Crippen LogP contribution in [-0.2, 0) is 5.54 Å². The molecule has 0 aliphatic carbocycles. The van der Waals surface area contributed by atoms with Crippen LogP contribution in [0, 0.1) is 11.3 Å². The molecule has 58 valence electrons. The largest absolute Gasteiger partial charge is 0.309 e. The van der Waals surface area contributed by atoms with E-state index in [9.17, 15) is 0 Å². The van der Waals surface area contributed by atoms with Crippen LogP contribution in [0.4, 0.5) is 0 Å². The number of hydrogen-bond donors (Lipinski definition) is 1. The molecule has 1 aromatic rings. The number of rotatable bonds is 1. The molecule has 0 bridgehead atoms. The summed E-state index contributed by atoms with van der Waals surface area (Å²) in [6.07, 6.45) is 0. The van der Waals surface area contributed by atoms with Gasteiger partial charge >= 0.3 is 0 Å². The molecule has 4 heteroatoms. The van der Waals surface area contributed by atoms with Gasteiger partial charge in [-0.1, -0.05) is 11.6 Å². The number of nitrogens with zero attached hydrogens (tertiary/aromatic N) is 1. The minimum atomic E-state index is -0.905. The zero-order valence-electron chi connectivity index (χ0n) is 5.97. The Hall–Kier alpha value is -0.560. The van der Waals surface area contributed by atoms with Crippen molar-refractivity contribution in [1.29, 1.82) is 5.26 Å². The molecule has 2 nitrogen and oxygen atoms in total. The summed E-state index contributed by atoms with van der Waals surface area (Å²) in [4.78, 5) is 0.796. The second-order valence-electron chi connectivity index (χ2n) is 2.42. The molecule has 0 radical (unpaired) electrons. The molecular weight excluding hydrogens is 180 g/mol. The third-order valence-corrected chi connectivity index (χ3v) is 2.79. The molecule has 0 aromatic carbocycles. The van der Waals surface area contributed by atoms with E-state index in [4.69, 9.17) is 22.6 Å². The van der Waals surface area contributed by atoms with Crippen molar-refractivity contribution in [2.75, 3.05) is 0 Å². The first kappa shape index (κ1) is 8.54. The maximum atomic E-state index is 8.65. The van der Waals surface area contributed by atoms with Gasteiger partial charge in [-0.3, -0.25) is 0 Å². The van der Waals surface area contributed by atoms with Gasteiger partial charge in [-0.15, -0.1) is 11.3 Å². The zero-order valence-corrected chi connectivity index (χ0v) is 7.54. The predicted molar refractivity (Wildman–Crippen MR) is 46.5 cm³/mol. The SMILES string of the molecule is C[C@](N)(C#N)c1ccc(Cl)s1. The van der Waals surface area contributed by atoms with Gasteiger partial charge < -0.3 is 5.73 Å². The van der Waals surface area contributed by atoms with Crippen molar-refractivity contribution >= 4 is 22.9 Å². The molecule has 1 atom stereocenters. The molecule has 0 aliphatic heterocycles. The Labute approximate surface area is 74.2 Å². The number of nitriles is 1. The number of thiophene rings is 1. The third-order valence-electron chi connectivity index (χ3n) is 1.32. The lowest BCUT2D eigenvalue weighted by atomic mass is 10.1. The van der Waals surface area contributed by atoms with Crippen molar-refractivity contribution < 1.29 is 0 Å². The average Bonchev–Trinajstić information content (AvgIpc) is 2.36. The van der Waals surface area contributed by atoms with Gasteiger partial charge in [-0.05, 0) is 19.1 Å². The summed E-state index contributed by atoms with van der Waals surface area (Å²) in [5.74, 6) is 0. The highest BCUT2D eigenvalue weighted by atomic mass is 35.5. The van der Waals surface area contributed by atoms with E-state index in [1.54, 1.807) is 19.1 Å². The van der Waals surface area contributed by atoms with Crippen molar-refractivity contribution in [3.63, 3.8) is 0 Å². The second-order valence-corrected chi connectivity index (χ2v) is 4.13. The summed E-state index contributed by atoms with van der Waals surface area (Å²) >= 11 is 7.01. The van der Waals surface area contributed by atoms with E-state index in [0.29, 0.717) is 4.34 Å². The van der Waals surface area contributed by atoms with Crippen molar-refractivity contribution in [3.05, 3.63) is 21.3 Å². The van der Waals surface area contributed by atoms with Gasteiger partial charge in [0.15, 0.2) is 0 Å². The fraction of sp³-hybridized carbons (Fsp3) is 0.286. The van der Waals surface area contributed by atoms with Crippen LogP contribution in [0.25, 0.3) is 0 Å². The molecule has 0 amide bonds. The van der Waals surface area contributed by atoms with Crippen molar-refractivity contribution in [3.8, 4) is 6.07 Å². The Morgan fingerprint density at radius 3 is 2.73 bits per heavy atom. The van der Waals surface area contributed by atoms with Crippen molar-refractivity contribution in [2.45, 2.75) is 12.5 Å². The van der Waals surface area contributed by atoms with E-state index in [-0.39, 0.29) is 0 Å². The van der Waals surface area contributed by atoms with Crippen molar-refractivity contribution in [1.82, 2.24) is 0 Å². The van der Waals surface area contributed by atoms with Crippen LogP contribution >= 0.6 is 22.9 Å². The summed E-state index contributed by atoms with van der Waals surface area (Å²) in [6.45, 7) is 1.66. The minimum Gasteiger partial charge on any atom is -0.309 e. The predicted octanol–water partition coefficient (Wildman–Crippen LogP) is 2.10. The summed E-state index contributed by atoms with van der Waals surface area (Å²) in [5.41, 5.74) is 4.74. The maximum absolute atomic E-state index is 8.65. The van der Waals surface area contributed by atoms with Gasteiger partial charge in [0.2, 0.25) is 0 Å². The Morgan fingerprint density at radius 1 is 1.73 bits per heavy atom. The molecule has 1 aromatic heterocycles. The highest BCUT2D eigenvalue weighted by Crippen LogP contribution is 2.28. The molecule has 0 aliphatic rings. The smallest absolute Gasteiger partial charge is 0.136 e. The van der Waals surface area contributed by atoms with Crippen LogP contribution in [0.1, 0.15) is 11.8 Å². The number of hydrogen-bond acceptors (Lipinski definition) is 3. The summed E-state index contributed by atoms with van der Waals surface area (Å²) in [5, 5.41) is 8.65. The quantitative estimate of drug-likeness (QED) is 0.730. The maximum Gasteiger partial charge on any atom is 0.136 e. The first-order valence-corrected chi connectivity index (χ1v) is 4.21. The monoisotopic (exact) mass is 186 g/mol. The van der Waals surface area contributed by atoms with E-state index in [0.717, 1.165) is 4.88 Å². The molecule has 11 heavy (non-hydrogen) atoms. The van der Waals surface area contributed by atoms with Gasteiger partial charge in [-0.2, -0.15) is 5.26 Å². The topological polar surface area (TPSA) is 49.8 Å². The summed E-state index contributed by atoms with van der Waals surface area (Å²) in [6, 6.07) is 5.51. The lowest BCUT2D eigenvalue weighted by molar-refractivity contribution is 0.661. The lowest BCUT2D eigenvalue weighted by Gasteiger charge is -2.11. The van der Waals surface area contributed by atoms with Gasteiger partial charge in [0, 0.05) is 4.88 Å². The molecule has 0 spiro atoms. The van der Waals surface area contributed by atoms with Crippen molar-refractivity contribution in [2.24, 2.45) is 5.73 Å². The molecule has 0 unspecified atom stereocenters. The van der Waals surface area contributed by atoms with Crippen LogP contribution in [0.3, 0.4) is 0 Å². The molecule has 0 saturated heterocycles. The average molecular weight is 187 g/mol. The fourth-order valence-electron chi connectivity index (χ4n) is 0.649. The Balaban J connectivity index is 3.04. The summed E-state index contributed by atoms with van der Waals surface area (Å²) in [7, 11) is 0.